The zero-order valence-electron chi connectivity index (χ0n) is 14.9. The lowest BCUT2D eigenvalue weighted by molar-refractivity contribution is 0.0990. The van der Waals surface area contributed by atoms with Gasteiger partial charge in [0.1, 0.15) is 11.3 Å². The molecule has 1 aliphatic rings. The Morgan fingerprint density at radius 3 is 2.11 bits per heavy atom. The first kappa shape index (κ1) is 16.2. The lowest BCUT2D eigenvalue weighted by Gasteiger charge is -2.00. The smallest absolute Gasteiger partial charge is 0.197 e. The van der Waals surface area contributed by atoms with Crippen LogP contribution in [0.5, 0.6) is 0 Å². The van der Waals surface area contributed by atoms with E-state index in [1.807, 2.05) is 48.5 Å². The van der Waals surface area contributed by atoms with Crippen molar-refractivity contribution in [3.63, 3.8) is 0 Å². The van der Waals surface area contributed by atoms with Gasteiger partial charge in [-0.2, -0.15) is 0 Å². The number of furan rings is 1. The van der Waals surface area contributed by atoms with Crippen LogP contribution in [-0.2, 0) is 0 Å². The van der Waals surface area contributed by atoms with Crippen LogP contribution < -0.4 is 0 Å². The van der Waals surface area contributed by atoms with E-state index in [1.165, 1.54) is 11.3 Å². The van der Waals surface area contributed by atoms with Crippen LogP contribution in [0.25, 0.3) is 27.1 Å². The van der Waals surface area contributed by atoms with Crippen molar-refractivity contribution >= 4 is 50.0 Å². The number of Topliss-reactive ketones (excluding diaryl/α,β-unsaturated/α-hetero) is 2. The van der Waals surface area contributed by atoms with E-state index >= 15 is 0 Å². The summed E-state index contributed by atoms with van der Waals surface area (Å²) in [6.45, 7) is 4.17. The highest BCUT2D eigenvalue weighted by atomic mass is 32.1. The number of carbonyl (C=O) groups excluding carboxylic acids is 2. The molecule has 0 saturated carbocycles. The van der Waals surface area contributed by atoms with Crippen molar-refractivity contribution in [1.82, 2.24) is 0 Å². The molecule has 0 fully saturated rings. The highest BCUT2D eigenvalue weighted by Gasteiger charge is 2.33. The number of allylic oxidation sites excluding steroid dienone is 1. The molecule has 4 heteroatoms. The van der Waals surface area contributed by atoms with Crippen molar-refractivity contribution in [2.24, 2.45) is 0 Å². The summed E-state index contributed by atoms with van der Waals surface area (Å²) < 4.78 is 6.89. The van der Waals surface area contributed by atoms with E-state index in [9.17, 15) is 9.59 Å². The lowest BCUT2D eigenvalue weighted by Crippen LogP contribution is -1.99. The fraction of sp³-hybridized carbons (Fsp3) is 0.130. The zero-order chi connectivity index (χ0) is 18.7. The number of ketones is 2. The van der Waals surface area contributed by atoms with Gasteiger partial charge < -0.3 is 4.42 Å². The number of hydrogen-bond donors (Lipinski definition) is 0. The average Bonchev–Trinajstić information content (AvgIpc) is 3.28. The molecule has 0 bridgehead atoms. The Hall–Kier alpha value is -2.98. The molecule has 0 unspecified atom stereocenters. The fourth-order valence-electron chi connectivity index (χ4n) is 3.51. The first-order valence-electron chi connectivity index (χ1n) is 8.88. The molecule has 5 rings (SSSR count). The molecule has 4 aromatic rings. The largest absolute Gasteiger partial charge is 0.460 e. The number of benzene rings is 2. The van der Waals surface area contributed by atoms with Crippen molar-refractivity contribution in [2.75, 3.05) is 0 Å². The molecule has 1 aliphatic carbocycles. The molecule has 2 heterocycles. The van der Waals surface area contributed by atoms with Crippen LogP contribution in [0.3, 0.4) is 0 Å². The van der Waals surface area contributed by atoms with Gasteiger partial charge in [0, 0.05) is 21.9 Å². The number of hydrogen-bond acceptors (Lipinski definition) is 4. The van der Waals surface area contributed by atoms with Gasteiger partial charge in [0.15, 0.2) is 11.6 Å². The van der Waals surface area contributed by atoms with Gasteiger partial charge in [-0.3, -0.25) is 9.59 Å². The van der Waals surface area contributed by atoms with Crippen molar-refractivity contribution < 1.29 is 14.0 Å². The van der Waals surface area contributed by atoms with Gasteiger partial charge in [0.2, 0.25) is 0 Å². The van der Waals surface area contributed by atoms with Crippen molar-refractivity contribution in [2.45, 2.75) is 19.8 Å². The molecular weight excluding hydrogens is 356 g/mol. The molecule has 132 valence electrons. The standard InChI is InChI=1S/C23H16O3S/c1-12(2)19-11-21-20(26-19)10-15(27-21)9-18-22(24)16-7-13-5-3-4-6-14(13)8-17(16)23(18)25/h3-12H,1-2H3. The molecule has 0 atom stereocenters. The van der Waals surface area contributed by atoms with E-state index < -0.39 is 0 Å². The summed E-state index contributed by atoms with van der Waals surface area (Å²) in [7, 11) is 0. The number of thiophene rings is 1. The second kappa shape index (κ2) is 5.76. The van der Waals surface area contributed by atoms with E-state index in [-0.39, 0.29) is 17.1 Å². The second-order valence-electron chi connectivity index (χ2n) is 7.14. The van der Waals surface area contributed by atoms with Crippen LogP contribution in [0.1, 0.15) is 51.1 Å². The summed E-state index contributed by atoms with van der Waals surface area (Å²) in [5.74, 6) is 0.873. The Morgan fingerprint density at radius 2 is 1.56 bits per heavy atom. The van der Waals surface area contributed by atoms with Crippen LogP contribution >= 0.6 is 11.3 Å². The van der Waals surface area contributed by atoms with Gasteiger partial charge in [-0.05, 0) is 41.1 Å². The lowest BCUT2D eigenvalue weighted by atomic mass is 10.0. The quantitative estimate of drug-likeness (QED) is 0.309. The SMILES string of the molecule is CC(C)c1cc2sc(C=C3C(=O)c4cc5ccccc5cc4C3=O)cc2o1. The van der Waals surface area contributed by atoms with Crippen LogP contribution in [0, 0.1) is 0 Å². The Bertz CT molecular complexity index is 1200. The molecular formula is C23H16O3S. The molecule has 0 N–H and O–H groups in total. The van der Waals surface area contributed by atoms with Crippen LogP contribution in [-0.4, -0.2) is 11.6 Å². The van der Waals surface area contributed by atoms with Gasteiger partial charge in [0.05, 0.1) is 10.3 Å². The Morgan fingerprint density at radius 1 is 0.926 bits per heavy atom. The second-order valence-corrected chi connectivity index (χ2v) is 8.26. The average molecular weight is 372 g/mol. The minimum absolute atomic E-state index is 0.200. The Balaban J connectivity index is 1.58. The van der Waals surface area contributed by atoms with Crippen molar-refractivity contribution in [3.8, 4) is 0 Å². The maximum absolute atomic E-state index is 12.8. The zero-order valence-corrected chi connectivity index (χ0v) is 15.7. The number of fused-ring (bicyclic) bond motifs is 3. The fourth-order valence-corrected chi connectivity index (χ4v) is 4.48. The highest BCUT2D eigenvalue weighted by molar-refractivity contribution is 7.19. The van der Waals surface area contributed by atoms with Crippen LogP contribution in [0.2, 0.25) is 0 Å². The van der Waals surface area contributed by atoms with Gasteiger partial charge in [-0.25, -0.2) is 0 Å². The minimum Gasteiger partial charge on any atom is -0.460 e. The van der Waals surface area contributed by atoms with Gasteiger partial charge in [-0.1, -0.05) is 38.1 Å². The molecule has 3 nitrogen and oxygen atoms in total. The molecule has 2 aromatic carbocycles. The van der Waals surface area contributed by atoms with E-state index in [1.54, 1.807) is 6.08 Å². The van der Waals surface area contributed by atoms with Crippen LogP contribution in [0.4, 0.5) is 0 Å². The van der Waals surface area contributed by atoms with E-state index in [2.05, 4.69) is 13.8 Å². The number of carbonyl (C=O) groups is 2. The normalized spacial score (nSPS) is 14.0. The molecule has 2 aromatic heterocycles. The maximum atomic E-state index is 12.8. The molecule has 27 heavy (non-hydrogen) atoms. The Labute approximate surface area is 159 Å². The van der Waals surface area contributed by atoms with E-state index in [0.717, 1.165) is 31.7 Å². The molecule has 0 radical (unpaired) electrons. The number of rotatable bonds is 2. The summed E-state index contributed by atoms with van der Waals surface area (Å²) in [5.41, 5.74) is 2.02. The van der Waals surface area contributed by atoms with Crippen molar-refractivity contribution in [3.05, 3.63) is 75.9 Å². The maximum Gasteiger partial charge on any atom is 0.197 e. The molecule has 0 spiro atoms. The summed E-state index contributed by atoms with van der Waals surface area (Å²) in [4.78, 5) is 26.5. The minimum atomic E-state index is -0.200. The van der Waals surface area contributed by atoms with E-state index in [0.29, 0.717) is 17.0 Å². The van der Waals surface area contributed by atoms with Gasteiger partial charge in [0.25, 0.3) is 0 Å². The summed E-state index contributed by atoms with van der Waals surface area (Å²) in [6.07, 6.45) is 1.70. The third kappa shape index (κ3) is 2.48. The third-order valence-corrected chi connectivity index (χ3v) is 5.98. The summed E-state index contributed by atoms with van der Waals surface area (Å²) in [6, 6.07) is 15.3. The van der Waals surface area contributed by atoms with Crippen molar-refractivity contribution in [1.29, 1.82) is 0 Å². The monoisotopic (exact) mass is 372 g/mol. The topological polar surface area (TPSA) is 47.3 Å². The predicted octanol–water partition coefficient (Wildman–Crippen LogP) is 6.23. The van der Waals surface area contributed by atoms with Gasteiger partial charge in [-0.15, -0.1) is 11.3 Å². The predicted molar refractivity (Wildman–Crippen MR) is 109 cm³/mol. The summed E-state index contributed by atoms with van der Waals surface area (Å²) >= 11 is 1.53. The third-order valence-electron chi connectivity index (χ3n) is 4.97. The summed E-state index contributed by atoms with van der Waals surface area (Å²) in [5, 5.41) is 1.93. The molecule has 0 saturated heterocycles. The van der Waals surface area contributed by atoms with E-state index in [4.69, 9.17) is 4.42 Å². The molecule has 0 aliphatic heterocycles. The first-order valence-corrected chi connectivity index (χ1v) is 9.70. The van der Waals surface area contributed by atoms with Crippen LogP contribution in [0.15, 0.2) is 58.5 Å². The van der Waals surface area contributed by atoms with Gasteiger partial charge >= 0.3 is 0 Å². The Kier molecular flexibility index (Phi) is 3.46. The highest BCUT2D eigenvalue weighted by Crippen LogP contribution is 2.35. The first-order chi connectivity index (χ1) is 13.0. The molecule has 0 amide bonds.